The van der Waals surface area contributed by atoms with Crippen molar-refractivity contribution in [3.05, 3.63) is 71.9 Å². The van der Waals surface area contributed by atoms with Gasteiger partial charge in [0.25, 0.3) is 0 Å². The van der Waals surface area contributed by atoms with Crippen LogP contribution in [0.2, 0.25) is 0 Å². The highest BCUT2D eigenvalue weighted by Gasteiger charge is 2.58. The van der Waals surface area contributed by atoms with Gasteiger partial charge < -0.3 is 8.94 Å². The van der Waals surface area contributed by atoms with Crippen molar-refractivity contribution in [2.75, 3.05) is 13.1 Å². The number of nitrogens with zero attached hydrogens (tertiary/aromatic N) is 5. The van der Waals surface area contributed by atoms with E-state index in [1.165, 1.54) is 5.56 Å². The summed E-state index contributed by atoms with van der Waals surface area (Å²) < 4.78 is 11.6. The Hall–Kier alpha value is -3.32. The molecule has 2 aromatic carbocycles. The summed E-state index contributed by atoms with van der Waals surface area (Å²) in [5, 5.41) is 12.8. The number of hydrogen-bond donors (Lipinski definition) is 0. The van der Waals surface area contributed by atoms with Gasteiger partial charge in [-0.05, 0) is 62.9 Å². The van der Waals surface area contributed by atoms with Crippen LogP contribution < -0.4 is 0 Å². The van der Waals surface area contributed by atoms with Crippen LogP contribution in [0.4, 0.5) is 0 Å². The molecular weight excluding hydrogens is 402 g/mol. The zero-order valence-electron chi connectivity index (χ0n) is 18.1. The van der Waals surface area contributed by atoms with Gasteiger partial charge in [-0.15, -0.1) is 10.2 Å². The molecule has 7 nitrogen and oxygen atoms in total. The normalized spacial score (nSPS) is 20.0. The molecule has 3 heterocycles. The van der Waals surface area contributed by atoms with Crippen LogP contribution in [0.3, 0.4) is 0 Å². The van der Waals surface area contributed by atoms with Crippen molar-refractivity contribution in [3.8, 4) is 22.8 Å². The third kappa shape index (κ3) is 3.62. The summed E-state index contributed by atoms with van der Waals surface area (Å²) in [5.74, 6) is 3.11. The number of aryl methyl sites for hydroxylation is 1. The Morgan fingerprint density at radius 2 is 1.81 bits per heavy atom. The summed E-state index contributed by atoms with van der Waals surface area (Å²) >= 11 is 0. The highest BCUT2D eigenvalue weighted by Crippen LogP contribution is 2.64. The molecule has 7 heteroatoms. The molecule has 162 valence electrons. The maximum atomic E-state index is 6.03. The number of piperidine rings is 1. The van der Waals surface area contributed by atoms with E-state index in [1.54, 1.807) is 0 Å². The molecule has 0 amide bonds. The molecular formula is C25H25N5O2. The smallest absolute Gasteiger partial charge is 0.247 e. The molecule has 4 aromatic rings. The van der Waals surface area contributed by atoms with Gasteiger partial charge in [-0.25, -0.2) is 0 Å². The van der Waals surface area contributed by atoms with Gasteiger partial charge in [-0.2, -0.15) is 4.98 Å². The quantitative estimate of drug-likeness (QED) is 0.450. The van der Waals surface area contributed by atoms with E-state index in [2.05, 4.69) is 44.3 Å². The number of rotatable bonds is 5. The van der Waals surface area contributed by atoms with Crippen LogP contribution in [0.15, 0.2) is 63.5 Å². The summed E-state index contributed by atoms with van der Waals surface area (Å²) in [6.07, 6.45) is 3.38. The molecule has 0 bridgehead atoms. The average molecular weight is 428 g/mol. The number of hydrogen-bond acceptors (Lipinski definition) is 7. The average Bonchev–Trinajstić information content (AvgIpc) is 3.18. The summed E-state index contributed by atoms with van der Waals surface area (Å²) in [6, 6.07) is 18.1. The van der Waals surface area contributed by atoms with Crippen LogP contribution in [-0.4, -0.2) is 38.3 Å². The highest BCUT2D eigenvalue weighted by atomic mass is 16.5. The molecule has 32 heavy (non-hydrogen) atoms. The second-order valence-corrected chi connectivity index (χ2v) is 9.09. The van der Waals surface area contributed by atoms with Gasteiger partial charge in [0, 0.05) is 17.0 Å². The lowest BCUT2D eigenvalue weighted by molar-refractivity contribution is 0.144. The van der Waals surface area contributed by atoms with Gasteiger partial charge in [0.2, 0.25) is 23.5 Å². The zero-order valence-corrected chi connectivity index (χ0v) is 18.1. The standard InChI is InChI=1S/C25H25N5O2/c1-17-6-5-9-19(14-17)22-26-21(32-29-22)16-30-12-10-25(11-13-30)15-20(25)24-28-27-23(31-24)18-7-3-2-4-8-18/h2-9,14,20H,10-13,15-16H2,1H3. The number of likely N-dealkylation sites (tertiary alicyclic amines) is 1. The van der Waals surface area contributed by atoms with Crippen molar-refractivity contribution in [3.63, 3.8) is 0 Å². The Labute approximate surface area is 186 Å². The summed E-state index contributed by atoms with van der Waals surface area (Å²) in [6.45, 7) is 4.78. The maximum Gasteiger partial charge on any atom is 0.247 e. The number of aromatic nitrogens is 4. The zero-order chi connectivity index (χ0) is 21.5. The van der Waals surface area contributed by atoms with Gasteiger partial charge in [0.05, 0.1) is 6.54 Å². The molecule has 2 aromatic heterocycles. The molecule has 1 spiro atoms. The lowest BCUT2D eigenvalue weighted by Crippen LogP contribution is -2.34. The van der Waals surface area contributed by atoms with Gasteiger partial charge >= 0.3 is 0 Å². The van der Waals surface area contributed by atoms with Gasteiger partial charge in [0.1, 0.15) is 0 Å². The Balaban J connectivity index is 1.07. The Kier molecular flexibility index (Phi) is 4.64. The van der Waals surface area contributed by atoms with Crippen molar-refractivity contribution >= 4 is 0 Å². The first-order chi connectivity index (χ1) is 15.7. The van der Waals surface area contributed by atoms with E-state index in [0.29, 0.717) is 35.5 Å². The van der Waals surface area contributed by atoms with Crippen LogP contribution in [0.25, 0.3) is 22.8 Å². The monoisotopic (exact) mass is 427 g/mol. The van der Waals surface area contributed by atoms with Gasteiger partial charge in [-0.1, -0.05) is 47.1 Å². The molecule has 1 atom stereocenters. The second kappa shape index (κ2) is 7.67. The molecule has 1 aliphatic carbocycles. The molecule has 1 unspecified atom stereocenters. The van der Waals surface area contributed by atoms with E-state index >= 15 is 0 Å². The first kappa shape index (κ1) is 19.4. The predicted molar refractivity (Wildman–Crippen MR) is 119 cm³/mol. The lowest BCUT2D eigenvalue weighted by atomic mass is 9.91. The van der Waals surface area contributed by atoms with Crippen LogP contribution in [-0.2, 0) is 6.54 Å². The van der Waals surface area contributed by atoms with Crippen molar-refractivity contribution in [2.24, 2.45) is 5.41 Å². The predicted octanol–water partition coefficient (Wildman–Crippen LogP) is 4.86. The van der Waals surface area contributed by atoms with Crippen LogP contribution in [0.5, 0.6) is 0 Å². The summed E-state index contributed by atoms with van der Waals surface area (Å²) in [4.78, 5) is 7.01. The van der Waals surface area contributed by atoms with E-state index in [-0.39, 0.29) is 0 Å². The fourth-order valence-electron chi connectivity index (χ4n) is 4.89. The number of benzene rings is 2. The first-order valence-corrected chi connectivity index (χ1v) is 11.2. The van der Waals surface area contributed by atoms with E-state index < -0.39 is 0 Å². The molecule has 6 rings (SSSR count). The maximum absolute atomic E-state index is 6.03. The van der Waals surface area contributed by atoms with Crippen LogP contribution in [0, 0.1) is 12.3 Å². The molecule has 1 aliphatic heterocycles. The minimum Gasteiger partial charge on any atom is -0.420 e. The minimum absolute atomic E-state index is 0.304. The third-order valence-electron chi connectivity index (χ3n) is 6.90. The van der Waals surface area contributed by atoms with Crippen LogP contribution >= 0.6 is 0 Å². The van der Waals surface area contributed by atoms with E-state index in [4.69, 9.17) is 8.94 Å². The second-order valence-electron chi connectivity index (χ2n) is 9.09. The van der Waals surface area contributed by atoms with Crippen molar-refractivity contribution in [1.29, 1.82) is 0 Å². The fraction of sp³-hybridized carbons (Fsp3) is 0.360. The molecule has 0 radical (unpaired) electrons. The van der Waals surface area contributed by atoms with Crippen molar-refractivity contribution < 1.29 is 8.94 Å². The first-order valence-electron chi connectivity index (χ1n) is 11.2. The Bertz CT molecular complexity index is 1220. The third-order valence-corrected chi connectivity index (χ3v) is 6.90. The van der Waals surface area contributed by atoms with Gasteiger partial charge in [0.15, 0.2) is 0 Å². The molecule has 0 N–H and O–H groups in total. The lowest BCUT2D eigenvalue weighted by Gasteiger charge is -2.31. The Morgan fingerprint density at radius 3 is 2.62 bits per heavy atom. The minimum atomic E-state index is 0.304. The topological polar surface area (TPSA) is 81.1 Å². The SMILES string of the molecule is Cc1cccc(-c2noc(CN3CCC4(CC3)CC4c3nnc(-c4ccccc4)o3)n2)c1. The summed E-state index contributed by atoms with van der Waals surface area (Å²) in [7, 11) is 0. The highest BCUT2D eigenvalue weighted by molar-refractivity contribution is 5.55. The van der Waals surface area contributed by atoms with Gasteiger partial charge in [-0.3, -0.25) is 4.90 Å². The van der Waals surface area contributed by atoms with Crippen molar-refractivity contribution in [1.82, 2.24) is 25.2 Å². The molecule has 2 aliphatic rings. The molecule has 2 fully saturated rings. The summed E-state index contributed by atoms with van der Waals surface area (Å²) in [5.41, 5.74) is 3.46. The fourth-order valence-corrected chi connectivity index (χ4v) is 4.89. The van der Waals surface area contributed by atoms with E-state index in [0.717, 1.165) is 49.4 Å². The van der Waals surface area contributed by atoms with Crippen molar-refractivity contribution in [2.45, 2.75) is 38.6 Å². The largest absolute Gasteiger partial charge is 0.420 e. The van der Waals surface area contributed by atoms with Crippen LogP contribution in [0.1, 0.15) is 42.5 Å². The molecule has 1 saturated carbocycles. The molecule has 1 saturated heterocycles. The Morgan fingerprint density at radius 1 is 1.00 bits per heavy atom. The van der Waals surface area contributed by atoms with E-state index in [1.807, 2.05) is 42.5 Å². The van der Waals surface area contributed by atoms with E-state index in [9.17, 15) is 0 Å².